The first-order valence-electron chi connectivity index (χ1n) is 7.77. The Hall–Kier alpha value is -3.67. The Balaban J connectivity index is 1.86. The van der Waals surface area contributed by atoms with Gasteiger partial charge in [-0.3, -0.25) is 13.9 Å². The molecule has 3 aromatic heterocycles. The van der Waals surface area contributed by atoms with Gasteiger partial charge in [-0.1, -0.05) is 17.1 Å². The highest BCUT2D eigenvalue weighted by atomic mass is 16.4. The van der Waals surface area contributed by atoms with E-state index in [-0.39, 0.29) is 12.1 Å². The van der Waals surface area contributed by atoms with Crippen molar-refractivity contribution in [2.45, 2.75) is 13.0 Å². The second-order valence-electron chi connectivity index (χ2n) is 5.57. The average Bonchev–Trinajstić information content (AvgIpc) is 3.02. The highest BCUT2D eigenvalue weighted by Crippen LogP contribution is 2.03. The van der Waals surface area contributed by atoms with Crippen molar-refractivity contribution in [3.8, 4) is 11.8 Å². The monoisotopic (exact) mass is 352 g/mol. The lowest BCUT2D eigenvalue weighted by Gasteiger charge is -2.06. The molecule has 3 heterocycles. The first kappa shape index (κ1) is 17.2. The number of hydrogen-bond acceptors (Lipinski definition) is 6. The second kappa shape index (κ2) is 7.06. The standard InChI is InChI=1S/C17H16N6O3/c1-21-11-18-15-14(21)16(24)23(17(25)22(15)2)9-4-3-6-12-7-5-8-13(20-12)10-19-26/h5,7-8,10-11,26H,4,9H2,1-2H3/b19-10+. The van der Waals surface area contributed by atoms with Crippen LogP contribution in [0.25, 0.3) is 11.2 Å². The molecule has 3 aromatic rings. The number of hydrogen-bond donors (Lipinski definition) is 1. The van der Waals surface area contributed by atoms with E-state index in [9.17, 15) is 9.59 Å². The lowest BCUT2D eigenvalue weighted by atomic mass is 10.3. The Morgan fingerprint density at radius 1 is 1.31 bits per heavy atom. The van der Waals surface area contributed by atoms with Gasteiger partial charge in [0.1, 0.15) is 5.69 Å². The number of oxime groups is 1. The van der Waals surface area contributed by atoms with Gasteiger partial charge in [0.2, 0.25) is 0 Å². The minimum Gasteiger partial charge on any atom is -0.411 e. The van der Waals surface area contributed by atoms with Crippen molar-refractivity contribution in [3.63, 3.8) is 0 Å². The number of aromatic nitrogens is 5. The molecule has 0 unspecified atom stereocenters. The maximum absolute atomic E-state index is 12.6. The van der Waals surface area contributed by atoms with Crippen molar-refractivity contribution >= 4 is 17.4 Å². The van der Waals surface area contributed by atoms with Crippen molar-refractivity contribution in [2.24, 2.45) is 19.3 Å². The smallest absolute Gasteiger partial charge is 0.332 e. The molecule has 0 aliphatic rings. The summed E-state index contributed by atoms with van der Waals surface area (Å²) >= 11 is 0. The molecule has 0 fully saturated rings. The minimum atomic E-state index is -0.428. The van der Waals surface area contributed by atoms with Gasteiger partial charge in [-0.2, -0.15) is 0 Å². The summed E-state index contributed by atoms with van der Waals surface area (Å²) in [5, 5.41) is 11.4. The van der Waals surface area contributed by atoms with E-state index in [1.807, 2.05) is 0 Å². The number of pyridine rings is 1. The maximum Gasteiger partial charge on any atom is 0.332 e. The Bertz CT molecular complexity index is 1170. The molecule has 0 saturated carbocycles. The fourth-order valence-electron chi connectivity index (χ4n) is 2.57. The summed E-state index contributed by atoms with van der Waals surface area (Å²) in [6, 6.07) is 5.14. The van der Waals surface area contributed by atoms with Crippen molar-refractivity contribution in [2.75, 3.05) is 0 Å². The van der Waals surface area contributed by atoms with Gasteiger partial charge in [-0.15, -0.1) is 0 Å². The van der Waals surface area contributed by atoms with E-state index in [0.717, 1.165) is 4.57 Å². The van der Waals surface area contributed by atoms with Crippen LogP contribution in [0.5, 0.6) is 0 Å². The highest BCUT2D eigenvalue weighted by Gasteiger charge is 2.14. The van der Waals surface area contributed by atoms with E-state index in [4.69, 9.17) is 5.21 Å². The summed E-state index contributed by atoms with van der Waals surface area (Å²) in [5.74, 6) is 5.76. The highest BCUT2D eigenvalue weighted by molar-refractivity contribution is 5.76. The van der Waals surface area contributed by atoms with E-state index < -0.39 is 5.69 Å². The Labute approximate surface area is 147 Å². The van der Waals surface area contributed by atoms with Crippen LogP contribution < -0.4 is 11.2 Å². The predicted molar refractivity (Wildman–Crippen MR) is 95.3 cm³/mol. The average molecular weight is 352 g/mol. The van der Waals surface area contributed by atoms with Crippen molar-refractivity contribution in [3.05, 3.63) is 56.8 Å². The third-order valence-electron chi connectivity index (χ3n) is 3.84. The first-order chi connectivity index (χ1) is 12.5. The van der Waals surface area contributed by atoms with Crippen LogP contribution >= 0.6 is 0 Å². The van der Waals surface area contributed by atoms with Crippen LogP contribution in [0.15, 0.2) is 39.3 Å². The van der Waals surface area contributed by atoms with Crippen molar-refractivity contribution < 1.29 is 5.21 Å². The predicted octanol–water partition coefficient (Wildman–Crippen LogP) is 0.0786. The van der Waals surface area contributed by atoms with E-state index in [1.54, 1.807) is 36.9 Å². The van der Waals surface area contributed by atoms with Crippen LogP contribution in [-0.4, -0.2) is 35.1 Å². The molecule has 0 spiro atoms. The van der Waals surface area contributed by atoms with E-state index in [2.05, 4.69) is 27.0 Å². The minimum absolute atomic E-state index is 0.164. The fraction of sp³-hybridized carbons (Fsp3) is 0.235. The molecule has 132 valence electrons. The molecule has 9 nitrogen and oxygen atoms in total. The van der Waals surface area contributed by atoms with Crippen LogP contribution in [-0.2, 0) is 20.6 Å². The van der Waals surface area contributed by atoms with Crippen LogP contribution in [0.2, 0.25) is 0 Å². The topological polar surface area (TPSA) is 107 Å². The zero-order chi connectivity index (χ0) is 18.7. The van der Waals surface area contributed by atoms with Crippen LogP contribution in [0.1, 0.15) is 17.8 Å². The quantitative estimate of drug-likeness (QED) is 0.311. The molecule has 1 N–H and O–H groups in total. The molecule has 0 aliphatic heterocycles. The number of nitrogens with zero attached hydrogens (tertiary/aromatic N) is 6. The van der Waals surface area contributed by atoms with Crippen LogP contribution in [0.4, 0.5) is 0 Å². The third-order valence-corrected chi connectivity index (χ3v) is 3.84. The lowest BCUT2D eigenvalue weighted by molar-refractivity contribution is 0.321. The second-order valence-corrected chi connectivity index (χ2v) is 5.57. The van der Waals surface area contributed by atoms with Gasteiger partial charge in [0, 0.05) is 27.1 Å². The molecule has 3 rings (SSSR count). The molecule has 9 heteroatoms. The van der Waals surface area contributed by atoms with Gasteiger partial charge in [0.25, 0.3) is 5.56 Å². The molecule has 26 heavy (non-hydrogen) atoms. The summed E-state index contributed by atoms with van der Waals surface area (Å²) in [6.07, 6.45) is 3.01. The van der Waals surface area contributed by atoms with Crippen LogP contribution in [0.3, 0.4) is 0 Å². The van der Waals surface area contributed by atoms with E-state index in [1.165, 1.54) is 17.1 Å². The Morgan fingerprint density at radius 2 is 2.12 bits per heavy atom. The lowest BCUT2D eigenvalue weighted by Crippen LogP contribution is -2.39. The molecule has 0 radical (unpaired) electrons. The summed E-state index contributed by atoms with van der Waals surface area (Å²) in [5.41, 5.74) is 0.899. The van der Waals surface area contributed by atoms with E-state index in [0.29, 0.717) is 29.0 Å². The molecule has 0 aliphatic carbocycles. The van der Waals surface area contributed by atoms with Crippen molar-refractivity contribution in [1.29, 1.82) is 0 Å². The largest absolute Gasteiger partial charge is 0.411 e. The van der Waals surface area contributed by atoms with Gasteiger partial charge >= 0.3 is 5.69 Å². The fourth-order valence-corrected chi connectivity index (χ4v) is 2.57. The number of rotatable bonds is 3. The van der Waals surface area contributed by atoms with Gasteiger partial charge in [-0.05, 0) is 18.1 Å². The van der Waals surface area contributed by atoms with Gasteiger partial charge in [0.15, 0.2) is 11.2 Å². The molecule has 0 bridgehead atoms. The van der Waals surface area contributed by atoms with E-state index >= 15 is 0 Å². The summed E-state index contributed by atoms with van der Waals surface area (Å²) in [6.45, 7) is 0.164. The number of fused-ring (bicyclic) bond motifs is 1. The zero-order valence-electron chi connectivity index (χ0n) is 14.2. The molecule has 0 saturated heterocycles. The Morgan fingerprint density at radius 3 is 2.88 bits per heavy atom. The first-order valence-corrected chi connectivity index (χ1v) is 7.77. The normalized spacial score (nSPS) is 11.0. The number of imidazole rings is 1. The van der Waals surface area contributed by atoms with Gasteiger partial charge in [0.05, 0.1) is 18.2 Å². The Kier molecular flexibility index (Phi) is 4.66. The SMILES string of the molecule is Cn1cnc2c1c(=O)n(CCC#Cc1cccc(/C=N/O)n1)c(=O)n2C. The summed E-state index contributed by atoms with van der Waals surface area (Å²) in [4.78, 5) is 33.2. The molecular weight excluding hydrogens is 336 g/mol. The molecular formula is C17H16N6O3. The van der Waals surface area contributed by atoms with Gasteiger partial charge in [-0.25, -0.2) is 14.8 Å². The summed E-state index contributed by atoms with van der Waals surface area (Å²) < 4.78 is 4.10. The number of aryl methyl sites for hydroxylation is 2. The third kappa shape index (κ3) is 3.12. The molecule has 0 amide bonds. The maximum atomic E-state index is 12.6. The zero-order valence-corrected chi connectivity index (χ0v) is 14.2. The molecule has 0 atom stereocenters. The summed E-state index contributed by atoms with van der Waals surface area (Å²) in [7, 11) is 3.29. The van der Waals surface area contributed by atoms with Crippen LogP contribution in [0, 0.1) is 11.8 Å². The molecule has 0 aromatic carbocycles. The van der Waals surface area contributed by atoms with Gasteiger partial charge < -0.3 is 9.77 Å². The van der Waals surface area contributed by atoms with Crippen molar-refractivity contribution in [1.82, 2.24) is 23.7 Å².